The number of rotatable bonds is 4. The minimum atomic E-state index is 0.422. The zero-order valence-electron chi connectivity index (χ0n) is 9.87. The summed E-state index contributed by atoms with van der Waals surface area (Å²) in [7, 11) is 0. The van der Waals surface area contributed by atoms with E-state index in [1.807, 2.05) is 0 Å². The second-order valence-electron chi connectivity index (χ2n) is 4.92. The topological polar surface area (TPSA) is 24.5 Å². The Bertz CT molecular complexity index is 180. The molecule has 0 aromatic carbocycles. The van der Waals surface area contributed by atoms with Gasteiger partial charge in [0.2, 0.25) is 0 Å². The third-order valence-corrected chi connectivity index (χ3v) is 3.54. The van der Waals surface area contributed by atoms with Crippen LogP contribution in [-0.4, -0.2) is 49.8 Å². The van der Waals surface area contributed by atoms with Gasteiger partial charge in [0, 0.05) is 32.2 Å². The molecular formula is C12H24N2O. The van der Waals surface area contributed by atoms with Gasteiger partial charge in [-0.05, 0) is 19.8 Å². The van der Waals surface area contributed by atoms with Crippen LogP contribution in [0.25, 0.3) is 0 Å². The predicted octanol–water partition coefficient (Wildman–Crippen LogP) is 1.24. The summed E-state index contributed by atoms with van der Waals surface area (Å²) < 4.78 is 5.53. The standard InChI is InChI=1S/C12H24N2O/c1-11-10-14(8-9-15-11)7-6-13-12-4-2-3-5-12/h11-13H,2-10H2,1H3. The first-order valence-electron chi connectivity index (χ1n) is 6.42. The number of ether oxygens (including phenoxy) is 1. The van der Waals surface area contributed by atoms with Gasteiger partial charge in [0.25, 0.3) is 0 Å². The van der Waals surface area contributed by atoms with Gasteiger partial charge in [-0.15, -0.1) is 0 Å². The molecule has 0 radical (unpaired) electrons. The van der Waals surface area contributed by atoms with Gasteiger partial charge in [0.05, 0.1) is 12.7 Å². The lowest BCUT2D eigenvalue weighted by molar-refractivity contribution is -0.0178. The van der Waals surface area contributed by atoms with E-state index < -0.39 is 0 Å². The van der Waals surface area contributed by atoms with E-state index in [2.05, 4.69) is 17.1 Å². The van der Waals surface area contributed by atoms with Crippen molar-refractivity contribution in [2.75, 3.05) is 32.8 Å². The third kappa shape index (κ3) is 3.74. The number of hydrogen-bond donors (Lipinski definition) is 1. The van der Waals surface area contributed by atoms with Crippen molar-refractivity contribution in [2.24, 2.45) is 0 Å². The molecule has 2 rings (SSSR count). The zero-order valence-corrected chi connectivity index (χ0v) is 9.87. The molecular weight excluding hydrogens is 188 g/mol. The normalized spacial score (nSPS) is 29.8. The van der Waals surface area contributed by atoms with Crippen LogP contribution in [0.1, 0.15) is 32.6 Å². The van der Waals surface area contributed by atoms with Crippen molar-refractivity contribution in [2.45, 2.75) is 44.8 Å². The molecule has 3 nitrogen and oxygen atoms in total. The summed E-state index contributed by atoms with van der Waals surface area (Å²) in [5, 5.41) is 3.66. The molecule has 2 aliphatic rings. The molecule has 0 spiro atoms. The van der Waals surface area contributed by atoms with Crippen LogP contribution in [0.15, 0.2) is 0 Å². The van der Waals surface area contributed by atoms with Crippen LogP contribution in [0.2, 0.25) is 0 Å². The molecule has 2 fully saturated rings. The summed E-state index contributed by atoms with van der Waals surface area (Å²) in [6.07, 6.45) is 6.04. The van der Waals surface area contributed by atoms with Crippen LogP contribution < -0.4 is 5.32 Å². The second-order valence-corrected chi connectivity index (χ2v) is 4.92. The van der Waals surface area contributed by atoms with Gasteiger partial charge in [-0.1, -0.05) is 12.8 Å². The van der Waals surface area contributed by atoms with E-state index in [4.69, 9.17) is 4.74 Å². The first kappa shape index (κ1) is 11.4. The Kier molecular flexibility index (Phi) is 4.42. The van der Waals surface area contributed by atoms with Crippen molar-refractivity contribution in [3.63, 3.8) is 0 Å². The van der Waals surface area contributed by atoms with Crippen molar-refractivity contribution >= 4 is 0 Å². The molecule has 1 N–H and O–H groups in total. The third-order valence-electron chi connectivity index (χ3n) is 3.54. The van der Waals surface area contributed by atoms with Crippen molar-refractivity contribution in [3.05, 3.63) is 0 Å². The van der Waals surface area contributed by atoms with E-state index in [1.54, 1.807) is 0 Å². The molecule has 1 aliphatic heterocycles. The number of nitrogens with one attached hydrogen (secondary N) is 1. The zero-order chi connectivity index (χ0) is 10.5. The van der Waals surface area contributed by atoms with Crippen LogP contribution >= 0.6 is 0 Å². The van der Waals surface area contributed by atoms with Gasteiger partial charge < -0.3 is 10.1 Å². The van der Waals surface area contributed by atoms with Crippen LogP contribution in [0.5, 0.6) is 0 Å². The van der Waals surface area contributed by atoms with Crippen LogP contribution in [-0.2, 0) is 4.74 Å². The summed E-state index contributed by atoms with van der Waals surface area (Å²) in [5.74, 6) is 0. The first-order valence-corrected chi connectivity index (χ1v) is 6.42. The molecule has 1 saturated carbocycles. The van der Waals surface area contributed by atoms with Gasteiger partial charge in [0.1, 0.15) is 0 Å². The van der Waals surface area contributed by atoms with E-state index in [9.17, 15) is 0 Å². The van der Waals surface area contributed by atoms with Crippen molar-refractivity contribution in [1.82, 2.24) is 10.2 Å². The molecule has 1 aliphatic carbocycles. The summed E-state index contributed by atoms with van der Waals surface area (Å²) >= 11 is 0. The maximum atomic E-state index is 5.53. The molecule has 0 bridgehead atoms. The number of morpholine rings is 1. The Hall–Kier alpha value is -0.120. The fourth-order valence-electron chi connectivity index (χ4n) is 2.65. The van der Waals surface area contributed by atoms with Gasteiger partial charge in [-0.2, -0.15) is 0 Å². The van der Waals surface area contributed by atoms with Crippen molar-refractivity contribution in [1.29, 1.82) is 0 Å². The SMILES string of the molecule is CC1CN(CCNC2CCCC2)CCO1. The molecule has 1 atom stereocenters. The highest BCUT2D eigenvalue weighted by Crippen LogP contribution is 2.17. The summed E-state index contributed by atoms with van der Waals surface area (Å²) in [6, 6.07) is 0.809. The van der Waals surface area contributed by atoms with E-state index in [0.29, 0.717) is 6.10 Å². The molecule has 3 heteroatoms. The minimum absolute atomic E-state index is 0.422. The molecule has 0 aromatic heterocycles. The highest BCUT2D eigenvalue weighted by atomic mass is 16.5. The maximum absolute atomic E-state index is 5.53. The highest BCUT2D eigenvalue weighted by Gasteiger charge is 2.17. The number of hydrogen-bond acceptors (Lipinski definition) is 3. The molecule has 15 heavy (non-hydrogen) atoms. The number of nitrogens with zero attached hydrogens (tertiary/aromatic N) is 1. The lowest BCUT2D eigenvalue weighted by Crippen LogP contribution is -2.44. The quantitative estimate of drug-likeness (QED) is 0.759. The van der Waals surface area contributed by atoms with Gasteiger partial charge in [0.15, 0.2) is 0 Å². The average Bonchev–Trinajstić information content (AvgIpc) is 2.71. The Morgan fingerprint density at radius 3 is 2.87 bits per heavy atom. The predicted molar refractivity (Wildman–Crippen MR) is 62.1 cm³/mol. The van der Waals surface area contributed by atoms with Crippen LogP contribution in [0, 0.1) is 0 Å². The van der Waals surface area contributed by atoms with Gasteiger partial charge in [-0.3, -0.25) is 4.90 Å². The van der Waals surface area contributed by atoms with Gasteiger partial charge >= 0.3 is 0 Å². The molecule has 0 amide bonds. The molecule has 88 valence electrons. The average molecular weight is 212 g/mol. The van der Waals surface area contributed by atoms with Crippen molar-refractivity contribution < 1.29 is 4.74 Å². The Labute approximate surface area is 93.2 Å². The minimum Gasteiger partial charge on any atom is -0.376 e. The highest BCUT2D eigenvalue weighted by molar-refractivity contribution is 4.75. The lowest BCUT2D eigenvalue weighted by atomic mass is 10.2. The summed E-state index contributed by atoms with van der Waals surface area (Å²) in [6.45, 7) is 7.62. The van der Waals surface area contributed by atoms with Crippen LogP contribution in [0.3, 0.4) is 0 Å². The largest absolute Gasteiger partial charge is 0.376 e. The van der Waals surface area contributed by atoms with Crippen molar-refractivity contribution in [3.8, 4) is 0 Å². The lowest BCUT2D eigenvalue weighted by Gasteiger charge is -2.31. The first-order chi connectivity index (χ1) is 7.34. The molecule has 1 heterocycles. The van der Waals surface area contributed by atoms with E-state index in [-0.39, 0.29) is 0 Å². The summed E-state index contributed by atoms with van der Waals surface area (Å²) in [4.78, 5) is 2.51. The Morgan fingerprint density at radius 1 is 1.33 bits per heavy atom. The second kappa shape index (κ2) is 5.83. The summed E-state index contributed by atoms with van der Waals surface area (Å²) in [5.41, 5.74) is 0. The molecule has 1 unspecified atom stereocenters. The molecule has 1 saturated heterocycles. The van der Waals surface area contributed by atoms with Gasteiger partial charge in [-0.25, -0.2) is 0 Å². The van der Waals surface area contributed by atoms with E-state index >= 15 is 0 Å². The van der Waals surface area contributed by atoms with E-state index in [1.165, 1.54) is 32.2 Å². The Morgan fingerprint density at radius 2 is 2.13 bits per heavy atom. The fourth-order valence-corrected chi connectivity index (χ4v) is 2.65. The monoisotopic (exact) mass is 212 g/mol. The fraction of sp³-hybridized carbons (Fsp3) is 1.00. The Balaban J connectivity index is 1.56. The maximum Gasteiger partial charge on any atom is 0.0674 e. The molecule has 0 aromatic rings. The van der Waals surface area contributed by atoms with E-state index in [0.717, 1.165) is 32.3 Å². The smallest absolute Gasteiger partial charge is 0.0674 e. The van der Waals surface area contributed by atoms with Crippen LogP contribution in [0.4, 0.5) is 0 Å².